The van der Waals surface area contributed by atoms with Crippen molar-refractivity contribution in [2.75, 3.05) is 6.54 Å². The molecule has 2 saturated carbocycles. The minimum Gasteiger partial charge on any atom is -0.481 e. The van der Waals surface area contributed by atoms with Gasteiger partial charge in [0, 0.05) is 12.6 Å². The van der Waals surface area contributed by atoms with Crippen molar-refractivity contribution in [3.05, 3.63) is 0 Å². The highest BCUT2D eigenvalue weighted by Gasteiger charge is 2.45. The number of hydrogen-bond donors (Lipinski definition) is 1. The summed E-state index contributed by atoms with van der Waals surface area (Å²) in [5.74, 6) is -1.10. The summed E-state index contributed by atoms with van der Waals surface area (Å²) in [5, 5.41) is 9.29. The fourth-order valence-corrected chi connectivity index (χ4v) is 3.24. The molecule has 0 aromatic heterocycles. The van der Waals surface area contributed by atoms with Crippen LogP contribution in [0.15, 0.2) is 0 Å². The molecule has 0 heterocycles. The predicted molar refractivity (Wildman–Crippen MR) is 72.7 cm³/mol. The summed E-state index contributed by atoms with van der Waals surface area (Å²) in [6.45, 7) is 4.97. The fourth-order valence-electron chi connectivity index (χ4n) is 3.24. The van der Waals surface area contributed by atoms with Crippen LogP contribution in [0.4, 0.5) is 0 Å². The standard InChI is InChI=1S/C15H25NO3/c1-3-4-7-16(11-5-6-11)14(17)12-8-10(2)9-13(12)15(18)19/h10-13H,3-9H2,1-2H3,(H,18,19)/t10?,12-,13+/m0/s1. The Morgan fingerprint density at radius 1 is 1.21 bits per heavy atom. The average molecular weight is 267 g/mol. The fraction of sp³-hybridized carbons (Fsp3) is 0.867. The molecule has 1 amide bonds. The smallest absolute Gasteiger partial charge is 0.307 e. The molecule has 1 N–H and O–H groups in total. The Hall–Kier alpha value is -1.06. The molecule has 0 aliphatic heterocycles. The molecule has 2 aliphatic rings. The maximum atomic E-state index is 12.7. The van der Waals surface area contributed by atoms with Crippen LogP contribution < -0.4 is 0 Å². The zero-order valence-corrected chi connectivity index (χ0v) is 12.0. The summed E-state index contributed by atoms with van der Waals surface area (Å²) in [6, 6.07) is 0.393. The van der Waals surface area contributed by atoms with Gasteiger partial charge in [0.25, 0.3) is 0 Å². The van der Waals surface area contributed by atoms with E-state index in [-0.39, 0.29) is 11.8 Å². The number of carbonyl (C=O) groups excluding carboxylic acids is 1. The number of nitrogens with zero attached hydrogens (tertiary/aromatic N) is 1. The van der Waals surface area contributed by atoms with Crippen LogP contribution in [0, 0.1) is 17.8 Å². The van der Waals surface area contributed by atoms with Crippen LogP contribution in [0.25, 0.3) is 0 Å². The molecule has 2 rings (SSSR count). The average Bonchev–Trinajstić information content (AvgIpc) is 3.11. The second kappa shape index (κ2) is 5.93. The maximum absolute atomic E-state index is 12.7. The van der Waals surface area contributed by atoms with Gasteiger partial charge in [-0.25, -0.2) is 0 Å². The molecule has 1 unspecified atom stereocenters. The van der Waals surface area contributed by atoms with E-state index in [4.69, 9.17) is 0 Å². The number of carboxylic acids is 1. The normalized spacial score (nSPS) is 30.3. The number of unbranched alkanes of at least 4 members (excludes halogenated alkanes) is 1. The first kappa shape index (κ1) is 14.4. The lowest BCUT2D eigenvalue weighted by Crippen LogP contribution is -2.41. The van der Waals surface area contributed by atoms with Crippen molar-refractivity contribution in [2.45, 2.75) is 58.4 Å². The van der Waals surface area contributed by atoms with Crippen LogP contribution in [0.2, 0.25) is 0 Å². The van der Waals surface area contributed by atoms with Gasteiger partial charge in [-0.2, -0.15) is 0 Å². The first-order chi connectivity index (χ1) is 9.04. The Morgan fingerprint density at radius 3 is 2.37 bits per heavy atom. The lowest BCUT2D eigenvalue weighted by atomic mass is 9.94. The first-order valence-corrected chi connectivity index (χ1v) is 7.57. The van der Waals surface area contributed by atoms with E-state index < -0.39 is 11.9 Å². The summed E-state index contributed by atoms with van der Waals surface area (Å²) in [5.41, 5.74) is 0. The van der Waals surface area contributed by atoms with Crippen LogP contribution in [-0.4, -0.2) is 34.5 Å². The largest absolute Gasteiger partial charge is 0.481 e. The number of carboxylic acid groups (broad SMARTS) is 1. The molecule has 4 nitrogen and oxygen atoms in total. The molecule has 4 heteroatoms. The van der Waals surface area contributed by atoms with Crippen molar-refractivity contribution >= 4 is 11.9 Å². The van der Waals surface area contributed by atoms with Crippen LogP contribution >= 0.6 is 0 Å². The lowest BCUT2D eigenvalue weighted by Gasteiger charge is -2.27. The highest BCUT2D eigenvalue weighted by molar-refractivity contribution is 5.85. The molecule has 0 aromatic rings. The number of amides is 1. The Bertz CT molecular complexity index is 351. The quantitative estimate of drug-likeness (QED) is 0.804. The molecule has 0 radical (unpaired) electrons. The SMILES string of the molecule is CCCCN(C(=O)[C@H]1CC(C)C[C@H]1C(=O)O)C1CC1. The van der Waals surface area contributed by atoms with Crippen LogP contribution in [0.5, 0.6) is 0 Å². The molecule has 2 aliphatic carbocycles. The molecule has 0 aromatic carbocycles. The molecule has 0 bridgehead atoms. The third kappa shape index (κ3) is 3.28. The molecular formula is C15H25NO3. The summed E-state index contributed by atoms with van der Waals surface area (Å²) < 4.78 is 0. The van der Waals surface area contributed by atoms with Gasteiger partial charge < -0.3 is 10.0 Å². The van der Waals surface area contributed by atoms with E-state index in [1.54, 1.807) is 0 Å². The molecule has 0 spiro atoms. The van der Waals surface area contributed by atoms with Gasteiger partial charge in [0.05, 0.1) is 11.8 Å². The van der Waals surface area contributed by atoms with E-state index in [0.29, 0.717) is 18.4 Å². The van der Waals surface area contributed by atoms with Gasteiger partial charge in [0.15, 0.2) is 0 Å². The van der Waals surface area contributed by atoms with E-state index in [1.165, 1.54) is 0 Å². The van der Waals surface area contributed by atoms with Gasteiger partial charge in [0.1, 0.15) is 0 Å². The van der Waals surface area contributed by atoms with Gasteiger partial charge in [-0.05, 0) is 38.0 Å². The van der Waals surface area contributed by atoms with E-state index in [0.717, 1.165) is 38.6 Å². The third-order valence-corrected chi connectivity index (χ3v) is 4.46. The van der Waals surface area contributed by atoms with Crippen molar-refractivity contribution in [2.24, 2.45) is 17.8 Å². The minimum atomic E-state index is -0.797. The molecular weight excluding hydrogens is 242 g/mol. The summed E-state index contributed by atoms with van der Waals surface area (Å²) in [6.07, 6.45) is 5.66. The minimum absolute atomic E-state index is 0.104. The Balaban J connectivity index is 2.05. The van der Waals surface area contributed by atoms with Crippen molar-refractivity contribution < 1.29 is 14.7 Å². The van der Waals surface area contributed by atoms with Gasteiger partial charge >= 0.3 is 5.97 Å². The molecule has 2 fully saturated rings. The van der Waals surface area contributed by atoms with E-state index >= 15 is 0 Å². The topological polar surface area (TPSA) is 57.6 Å². The zero-order chi connectivity index (χ0) is 14.0. The predicted octanol–water partition coefficient (Wildman–Crippen LogP) is 2.52. The Labute approximate surface area is 115 Å². The second-order valence-electron chi connectivity index (χ2n) is 6.24. The molecule has 19 heavy (non-hydrogen) atoms. The monoisotopic (exact) mass is 267 g/mol. The van der Waals surface area contributed by atoms with Gasteiger partial charge in [-0.3, -0.25) is 9.59 Å². The van der Waals surface area contributed by atoms with Crippen LogP contribution in [-0.2, 0) is 9.59 Å². The maximum Gasteiger partial charge on any atom is 0.307 e. The van der Waals surface area contributed by atoms with Crippen molar-refractivity contribution in [3.63, 3.8) is 0 Å². The Morgan fingerprint density at radius 2 is 1.84 bits per heavy atom. The molecule has 3 atom stereocenters. The Kier molecular flexibility index (Phi) is 4.48. The van der Waals surface area contributed by atoms with E-state index in [2.05, 4.69) is 13.8 Å². The second-order valence-corrected chi connectivity index (χ2v) is 6.24. The summed E-state index contributed by atoms with van der Waals surface area (Å²) in [4.78, 5) is 25.9. The number of aliphatic carboxylic acids is 1. The van der Waals surface area contributed by atoms with E-state index in [9.17, 15) is 14.7 Å². The highest BCUT2D eigenvalue weighted by atomic mass is 16.4. The van der Waals surface area contributed by atoms with Crippen LogP contribution in [0.1, 0.15) is 52.4 Å². The third-order valence-electron chi connectivity index (χ3n) is 4.46. The molecule has 0 saturated heterocycles. The number of hydrogen-bond acceptors (Lipinski definition) is 2. The van der Waals surface area contributed by atoms with Crippen molar-refractivity contribution in [3.8, 4) is 0 Å². The van der Waals surface area contributed by atoms with Crippen molar-refractivity contribution in [1.82, 2.24) is 4.90 Å². The van der Waals surface area contributed by atoms with Gasteiger partial charge in [0.2, 0.25) is 5.91 Å². The van der Waals surface area contributed by atoms with Crippen molar-refractivity contribution in [1.29, 1.82) is 0 Å². The van der Waals surface area contributed by atoms with Gasteiger partial charge in [-0.15, -0.1) is 0 Å². The highest BCUT2D eigenvalue weighted by Crippen LogP contribution is 2.39. The number of carbonyl (C=O) groups is 2. The van der Waals surface area contributed by atoms with Gasteiger partial charge in [-0.1, -0.05) is 20.3 Å². The molecule has 108 valence electrons. The zero-order valence-electron chi connectivity index (χ0n) is 12.0. The summed E-state index contributed by atoms with van der Waals surface area (Å²) >= 11 is 0. The number of rotatable bonds is 6. The van der Waals surface area contributed by atoms with E-state index in [1.807, 2.05) is 4.90 Å². The van der Waals surface area contributed by atoms with Crippen LogP contribution in [0.3, 0.4) is 0 Å². The first-order valence-electron chi connectivity index (χ1n) is 7.57. The lowest BCUT2D eigenvalue weighted by molar-refractivity contribution is -0.149. The summed E-state index contributed by atoms with van der Waals surface area (Å²) in [7, 11) is 0.